The van der Waals surface area contributed by atoms with Crippen LogP contribution < -0.4 is 5.32 Å². The minimum Gasteiger partial charge on any atom is -0.381 e. The van der Waals surface area contributed by atoms with Gasteiger partial charge >= 0.3 is 0 Å². The summed E-state index contributed by atoms with van der Waals surface area (Å²) in [5.74, 6) is 1.04. The zero-order valence-electron chi connectivity index (χ0n) is 18.2. The molecule has 2 aliphatic heterocycles. The van der Waals surface area contributed by atoms with Gasteiger partial charge in [-0.05, 0) is 32.4 Å². The Morgan fingerprint density at radius 1 is 1.43 bits per heavy atom. The number of aliphatic imine (C=N–C) groups is 1. The van der Waals surface area contributed by atoms with Gasteiger partial charge in [0.15, 0.2) is 5.96 Å². The molecular weight excluding hydrogens is 407 g/mol. The highest BCUT2D eigenvalue weighted by molar-refractivity contribution is 6.31. The quantitative estimate of drug-likeness (QED) is 0.521. The first-order valence-corrected chi connectivity index (χ1v) is 11.2. The summed E-state index contributed by atoms with van der Waals surface area (Å²) < 4.78 is 26.0. The first kappa shape index (κ1) is 23.3. The fraction of sp³-hybridized carbons (Fsp3) is 0.682. The highest BCUT2D eigenvalue weighted by Gasteiger charge is 2.29. The van der Waals surface area contributed by atoms with Crippen molar-refractivity contribution in [1.82, 2.24) is 15.1 Å². The lowest BCUT2D eigenvalue weighted by Gasteiger charge is -2.37. The monoisotopic (exact) mass is 440 g/mol. The molecule has 168 valence electrons. The zero-order chi connectivity index (χ0) is 21.5. The van der Waals surface area contributed by atoms with Crippen LogP contribution in [-0.2, 0) is 9.47 Å². The third kappa shape index (κ3) is 6.06. The average Bonchev–Trinajstić information content (AvgIpc) is 3.22. The Balaban J connectivity index is 1.82. The van der Waals surface area contributed by atoms with Crippen LogP contribution in [0.1, 0.15) is 31.9 Å². The zero-order valence-corrected chi connectivity index (χ0v) is 19.0. The molecule has 30 heavy (non-hydrogen) atoms. The van der Waals surface area contributed by atoms with Gasteiger partial charge in [0.05, 0.1) is 31.9 Å². The van der Waals surface area contributed by atoms with E-state index in [-0.39, 0.29) is 18.0 Å². The molecule has 0 saturated carbocycles. The number of hydrogen-bond donors (Lipinski definition) is 1. The van der Waals surface area contributed by atoms with Crippen molar-refractivity contribution in [1.29, 1.82) is 0 Å². The summed E-state index contributed by atoms with van der Waals surface area (Å²) in [6.45, 7) is 9.84. The van der Waals surface area contributed by atoms with Crippen molar-refractivity contribution < 1.29 is 13.9 Å². The van der Waals surface area contributed by atoms with Crippen molar-refractivity contribution in [2.45, 2.75) is 32.4 Å². The number of ether oxygens (including phenoxy) is 2. The Bertz CT molecular complexity index is 694. The minimum absolute atomic E-state index is 0.0917. The first-order valence-electron chi connectivity index (χ1n) is 10.9. The standard InChI is InChI=1S/C22H34ClFN4O2/c1-4-25-22(27(3)14-17-8-10-29-15-17)26-12-20(28-9-11-30-16(2)13-28)21-18(23)6-5-7-19(21)24/h5-7,16-17,20H,4,8-15H2,1-3H3,(H,25,26). The maximum absolute atomic E-state index is 14.8. The smallest absolute Gasteiger partial charge is 0.193 e. The Morgan fingerprint density at radius 3 is 2.93 bits per heavy atom. The number of nitrogens with zero attached hydrogens (tertiary/aromatic N) is 3. The van der Waals surface area contributed by atoms with E-state index < -0.39 is 0 Å². The van der Waals surface area contributed by atoms with Crippen molar-refractivity contribution in [2.75, 3.05) is 59.6 Å². The van der Waals surface area contributed by atoms with Crippen molar-refractivity contribution in [3.63, 3.8) is 0 Å². The molecule has 2 saturated heterocycles. The van der Waals surface area contributed by atoms with E-state index in [2.05, 4.69) is 22.0 Å². The van der Waals surface area contributed by atoms with Gasteiger partial charge in [-0.2, -0.15) is 0 Å². The van der Waals surface area contributed by atoms with Crippen LogP contribution in [0.4, 0.5) is 4.39 Å². The SMILES string of the molecule is CCNC(=NCC(c1c(F)cccc1Cl)N1CCOC(C)C1)N(C)CC1CCOC1. The fourth-order valence-electron chi connectivity index (χ4n) is 4.19. The Hall–Kier alpha value is -1.41. The number of morpholine rings is 1. The summed E-state index contributed by atoms with van der Waals surface area (Å²) in [6.07, 6.45) is 1.16. The predicted molar refractivity (Wildman–Crippen MR) is 119 cm³/mol. The second-order valence-corrected chi connectivity index (χ2v) is 8.54. The van der Waals surface area contributed by atoms with E-state index in [9.17, 15) is 4.39 Å². The van der Waals surface area contributed by atoms with E-state index in [0.29, 0.717) is 29.7 Å². The lowest BCUT2D eigenvalue weighted by Crippen LogP contribution is -2.45. The van der Waals surface area contributed by atoms with E-state index in [0.717, 1.165) is 51.8 Å². The van der Waals surface area contributed by atoms with Gasteiger partial charge in [0, 0.05) is 56.3 Å². The number of benzene rings is 1. The van der Waals surface area contributed by atoms with Gasteiger partial charge in [-0.25, -0.2) is 4.39 Å². The third-order valence-corrected chi connectivity index (χ3v) is 6.04. The third-order valence-electron chi connectivity index (χ3n) is 5.71. The number of halogens is 2. The Labute approximate surface area is 184 Å². The molecule has 1 N–H and O–H groups in total. The van der Waals surface area contributed by atoms with E-state index >= 15 is 0 Å². The maximum Gasteiger partial charge on any atom is 0.193 e. The molecule has 0 aromatic heterocycles. The van der Waals surface area contributed by atoms with E-state index in [4.69, 9.17) is 26.1 Å². The molecule has 3 rings (SSSR count). The van der Waals surface area contributed by atoms with Crippen LogP contribution in [-0.4, -0.2) is 81.5 Å². The summed E-state index contributed by atoms with van der Waals surface area (Å²) in [5.41, 5.74) is 0.514. The van der Waals surface area contributed by atoms with Gasteiger partial charge in [-0.3, -0.25) is 9.89 Å². The van der Waals surface area contributed by atoms with Gasteiger partial charge < -0.3 is 19.7 Å². The van der Waals surface area contributed by atoms with Gasteiger partial charge in [-0.1, -0.05) is 17.7 Å². The molecule has 0 aliphatic carbocycles. The lowest BCUT2D eigenvalue weighted by atomic mass is 10.0. The van der Waals surface area contributed by atoms with Crippen molar-refractivity contribution >= 4 is 17.6 Å². The average molecular weight is 441 g/mol. The predicted octanol–water partition coefficient (Wildman–Crippen LogP) is 3.17. The van der Waals surface area contributed by atoms with Gasteiger partial charge in [0.25, 0.3) is 0 Å². The second-order valence-electron chi connectivity index (χ2n) is 8.13. The van der Waals surface area contributed by atoms with Crippen LogP contribution >= 0.6 is 11.6 Å². The van der Waals surface area contributed by atoms with Crippen LogP contribution in [0, 0.1) is 11.7 Å². The normalized spacial score (nSPS) is 24.1. The van der Waals surface area contributed by atoms with E-state index in [1.807, 2.05) is 14.0 Å². The molecule has 0 radical (unpaired) electrons. The van der Waals surface area contributed by atoms with Gasteiger partial charge in [-0.15, -0.1) is 0 Å². The highest BCUT2D eigenvalue weighted by Crippen LogP contribution is 2.31. The summed E-state index contributed by atoms with van der Waals surface area (Å²) in [7, 11) is 2.04. The van der Waals surface area contributed by atoms with Crippen molar-refractivity contribution in [3.05, 3.63) is 34.6 Å². The van der Waals surface area contributed by atoms with Crippen molar-refractivity contribution in [3.8, 4) is 0 Å². The molecule has 3 unspecified atom stereocenters. The van der Waals surface area contributed by atoms with E-state index in [1.54, 1.807) is 12.1 Å². The molecular formula is C22H34ClFN4O2. The summed E-state index contributed by atoms with van der Waals surface area (Å²) >= 11 is 6.45. The number of nitrogens with one attached hydrogen (secondary N) is 1. The minimum atomic E-state index is -0.289. The molecule has 0 spiro atoms. The van der Waals surface area contributed by atoms with Crippen LogP contribution in [0.25, 0.3) is 0 Å². The molecule has 0 amide bonds. The second kappa shape index (κ2) is 11.3. The lowest BCUT2D eigenvalue weighted by molar-refractivity contribution is -0.0337. The molecule has 2 fully saturated rings. The van der Waals surface area contributed by atoms with Crippen LogP contribution in [0.2, 0.25) is 5.02 Å². The van der Waals surface area contributed by atoms with Crippen LogP contribution in [0.3, 0.4) is 0 Å². The number of guanidine groups is 1. The largest absolute Gasteiger partial charge is 0.381 e. The summed E-state index contributed by atoms with van der Waals surface area (Å²) in [5, 5.41) is 3.81. The molecule has 2 aliphatic rings. The maximum atomic E-state index is 14.8. The molecule has 0 bridgehead atoms. The van der Waals surface area contributed by atoms with Crippen LogP contribution in [0.15, 0.2) is 23.2 Å². The van der Waals surface area contributed by atoms with Gasteiger partial charge in [0.1, 0.15) is 5.82 Å². The van der Waals surface area contributed by atoms with Crippen LogP contribution in [0.5, 0.6) is 0 Å². The number of hydrogen-bond acceptors (Lipinski definition) is 4. The fourth-order valence-corrected chi connectivity index (χ4v) is 4.48. The molecule has 8 heteroatoms. The first-order chi connectivity index (χ1) is 14.5. The summed E-state index contributed by atoms with van der Waals surface area (Å²) in [6, 6.07) is 4.62. The topological polar surface area (TPSA) is 49.3 Å². The molecule has 2 heterocycles. The van der Waals surface area contributed by atoms with Crippen molar-refractivity contribution in [2.24, 2.45) is 10.9 Å². The highest BCUT2D eigenvalue weighted by atomic mass is 35.5. The molecule has 6 nitrogen and oxygen atoms in total. The number of rotatable bonds is 7. The Morgan fingerprint density at radius 2 is 2.27 bits per heavy atom. The Kier molecular flexibility index (Phi) is 8.74. The molecule has 1 aromatic rings. The van der Waals surface area contributed by atoms with E-state index in [1.165, 1.54) is 6.07 Å². The van der Waals surface area contributed by atoms with Gasteiger partial charge in [0.2, 0.25) is 0 Å². The molecule has 1 aromatic carbocycles. The summed E-state index contributed by atoms with van der Waals surface area (Å²) in [4.78, 5) is 9.27. The molecule has 3 atom stereocenters.